The van der Waals surface area contributed by atoms with E-state index in [0.29, 0.717) is 0 Å². The van der Waals surface area contributed by atoms with E-state index >= 15 is 0 Å². The van der Waals surface area contributed by atoms with E-state index < -0.39 is 13.0 Å². The second-order valence-corrected chi connectivity index (χ2v) is 3.16. The van der Waals surface area contributed by atoms with E-state index in [2.05, 4.69) is 26.1 Å². The molecular formula is C6H4BrClF2N2O. The highest BCUT2D eigenvalue weighted by atomic mass is 79.9. The molecule has 0 unspecified atom stereocenters. The molecule has 0 radical (unpaired) electrons. The maximum Gasteiger partial charge on any atom is 0.272 e. The third-order valence-electron chi connectivity index (χ3n) is 1.05. The van der Waals surface area contributed by atoms with E-state index in [0.717, 1.165) is 0 Å². The predicted octanol–water partition coefficient (Wildman–Crippen LogP) is 2.54. The number of rotatable bonds is 3. The van der Waals surface area contributed by atoms with E-state index in [-0.39, 0.29) is 15.5 Å². The molecule has 0 amide bonds. The molecule has 1 aromatic rings. The molecule has 0 bridgehead atoms. The molecule has 1 aromatic heterocycles. The van der Waals surface area contributed by atoms with Crippen LogP contribution in [-0.2, 0) is 0 Å². The third-order valence-corrected chi connectivity index (χ3v) is 1.79. The summed E-state index contributed by atoms with van der Waals surface area (Å²) in [6.45, 7) is -0.694. The molecule has 0 aliphatic rings. The van der Waals surface area contributed by atoms with Crippen LogP contribution in [0, 0.1) is 0 Å². The molecule has 13 heavy (non-hydrogen) atoms. The largest absolute Gasteiger partial charge is 0.485 e. The summed E-state index contributed by atoms with van der Waals surface area (Å²) in [5.74, 6) is 0.153. The second kappa shape index (κ2) is 4.66. The summed E-state index contributed by atoms with van der Waals surface area (Å²) in [5.41, 5.74) is 0. The highest BCUT2D eigenvalue weighted by Gasteiger charge is 2.08. The van der Waals surface area contributed by atoms with E-state index in [1.165, 1.54) is 6.07 Å². The average Bonchev–Trinajstić information content (AvgIpc) is 2.06. The topological polar surface area (TPSA) is 35.0 Å². The van der Waals surface area contributed by atoms with Gasteiger partial charge < -0.3 is 4.74 Å². The standard InChI is InChI=1S/C6H4BrClF2N2O/c7-6-3(13-2-5(9)10)1-4(8)11-12-6/h1,5H,2H2. The molecule has 0 atom stereocenters. The fourth-order valence-electron chi connectivity index (χ4n) is 0.592. The lowest BCUT2D eigenvalue weighted by atomic mass is 10.5. The van der Waals surface area contributed by atoms with Crippen molar-refractivity contribution in [2.24, 2.45) is 0 Å². The number of hydrogen-bond acceptors (Lipinski definition) is 3. The quantitative estimate of drug-likeness (QED) is 0.849. The van der Waals surface area contributed by atoms with Crippen molar-refractivity contribution in [3.63, 3.8) is 0 Å². The van der Waals surface area contributed by atoms with Crippen LogP contribution in [0.15, 0.2) is 10.7 Å². The van der Waals surface area contributed by atoms with Crippen LogP contribution in [0.1, 0.15) is 0 Å². The molecule has 1 rings (SSSR count). The van der Waals surface area contributed by atoms with Gasteiger partial charge in [-0.05, 0) is 15.9 Å². The number of halogens is 4. The Labute approximate surface area is 86.2 Å². The Hall–Kier alpha value is -0.490. The van der Waals surface area contributed by atoms with Crippen molar-refractivity contribution < 1.29 is 13.5 Å². The zero-order valence-corrected chi connectivity index (χ0v) is 8.52. The number of ether oxygens (including phenoxy) is 1. The molecule has 0 aromatic carbocycles. The van der Waals surface area contributed by atoms with Crippen molar-refractivity contribution >= 4 is 27.5 Å². The summed E-state index contributed by atoms with van der Waals surface area (Å²) < 4.78 is 28.4. The zero-order chi connectivity index (χ0) is 9.84. The Morgan fingerprint density at radius 3 is 2.85 bits per heavy atom. The molecule has 0 aliphatic heterocycles. The highest BCUT2D eigenvalue weighted by Crippen LogP contribution is 2.24. The maximum atomic E-state index is 11.7. The lowest BCUT2D eigenvalue weighted by Crippen LogP contribution is -2.07. The van der Waals surface area contributed by atoms with Gasteiger partial charge in [0.05, 0.1) is 0 Å². The summed E-state index contributed by atoms with van der Waals surface area (Å²) in [6, 6.07) is 1.31. The maximum absolute atomic E-state index is 11.7. The van der Waals surface area contributed by atoms with Crippen LogP contribution >= 0.6 is 27.5 Å². The zero-order valence-electron chi connectivity index (χ0n) is 6.18. The van der Waals surface area contributed by atoms with Crippen LogP contribution in [-0.4, -0.2) is 23.2 Å². The van der Waals surface area contributed by atoms with Gasteiger partial charge in [-0.25, -0.2) is 8.78 Å². The van der Waals surface area contributed by atoms with Gasteiger partial charge >= 0.3 is 0 Å². The molecular weight excluding hydrogens is 269 g/mol. The summed E-state index contributed by atoms with van der Waals surface area (Å²) in [6.07, 6.45) is -2.53. The summed E-state index contributed by atoms with van der Waals surface area (Å²) in [5, 5.41) is 7.08. The molecule has 1 heterocycles. The van der Waals surface area contributed by atoms with E-state index in [1.807, 2.05) is 0 Å². The lowest BCUT2D eigenvalue weighted by molar-refractivity contribution is 0.0812. The highest BCUT2D eigenvalue weighted by molar-refractivity contribution is 9.10. The van der Waals surface area contributed by atoms with Crippen molar-refractivity contribution in [3.8, 4) is 5.75 Å². The van der Waals surface area contributed by atoms with Crippen molar-refractivity contribution in [2.45, 2.75) is 6.43 Å². The number of hydrogen-bond donors (Lipinski definition) is 0. The molecule has 0 saturated heterocycles. The number of aromatic nitrogens is 2. The molecule has 7 heteroatoms. The van der Waals surface area contributed by atoms with Crippen LogP contribution in [0.25, 0.3) is 0 Å². The second-order valence-electron chi connectivity index (χ2n) is 2.02. The van der Waals surface area contributed by atoms with Crippen LogP contribution in [0.5, 0.6) is 5.75 Å². The van der Waals surface area contributed by atoms with Gasteiger partial charge in [-0.15, -0.1) is 10.2 Å². The minimum atomic E-state index is -2.53. The van der Waals surface area contributed by atoms with Crippen LogP contribution in [0.4, 0.5) is 8.78 Å². The normalized spacial score (nSPS) is 10.5. The molecule has 0 fully saturated rings. The van der Waals surface area contributed by atoms with E-state index in [1.54, 1.807) is 0 Å². The first kappa shape index (κ1) is 10.6. The van der Waals surface area contributed by atoms with Gasteiger partial charge in [-0.2, -0.15) is 0 Å². The van der Waals surface area contributed by atoms with Gasteiger partial charge in [0.2, 0.25) is 0 Å². The van der Waals surface area contributed by atoms with E-state index in [4.69, 9.17) is 16.3 Å². The van der Waals surface area contributed by atoms with Gasteiger partial charge in [0.25, 0.3) is 6.43 Å². The Morgan fingerprint density at radius 1 is 1.54 bits per heavy atom. The van der Waals surface area contributed by atoms with Crippen LogP contribution in [0.2, 0.25) is 5.15 Å². The predicted molar refractivity (Wildman–Crippen MR) is 46.2 cm³/mol. The first-order valence-corrected chi connectivity index (χ1v) is 4.36. The fraction of sp³-hybridized carbons (Fsp3) is 0.333. The SMILES string of the molecule is FC(F)COc1cc(Cl)nnc1Br. The summed E-state index contributed by atoms with van der Waals surface area (Å²) in [4.78, 5) is 0. The van der Waals surface area contributed by atoms with Gasteiger partial charge in [-0.1, -0.05) is 11.6 Å². The molecule has 0 N–H and O–H groups in total. The summed E-state index contributed by atoms with van der Waals surface area (Å²) in [7, 11) is 0. The molecule has 3 nitrogen and oxygen atoms in total. The van der Waals surface area contributed by atoms with Crippen LogP contribution in [0.3, 0.4) is 0 Å². The first-order valence-electron chi connectivity index (χ1n) is 3.19. The van der Waals surface area contributed by atoms with E-state index in [9.17, 15) is 8.78 Å². The smallest absolute Gasteiger partial charge is 0.272 e. The minimum absolute atomic E-state index is 0.0902. The average molecular weight is 273 g/mol. The Bertz CT molecular complexity index is 300. The van der Waals surface area contributed by atoms with Crippen molar-refractivity contribution in [1.82, 2.24) is 10.2 Å². The number of alkyl halides is 2. The van der Waals surface area contributed by atoms with Gasteiger partial charge in [-0.3, -0.25) is 0 Å². The summed E-state index contributed by atoms with van der Waals surface area (Å²) >= 11 is 8.45. The Balaban J connectivity index is 2.70. The fourth-order valence-corrected chi connectivity index (χ4v) is 1.04. The molecule has 0 spiro atoms. The van der Waals surface area contributed by atoms with Gasteiger partial charge in [0, 0.05) is 6.07 Å². The molecule has 0 saturated carbocycles. The minimum Gasteiger partial charge on any atom is -0.485 e. The first-order chi connectivity index (χ1) is 6.09. The third kappa shape index (κ3) is 3.40. The Kier molecular flexibility index (Phi) is 3.80. The van der Waals surface area contributed by atoms with Crippen molar-refractivity contribution in [1.29, 1.82) is 0 Å². The monoisotopic (exact) mass is 272 g/mol. The molecule has 0 aliphatic carbocycles. The molecule has 72 valence electrons. The number of nitrogens with zero attached hydrogens (tertiary/aromatic N) is 2. The lowest BCUT2D eigenvalue weighted by Gasteiger charge is -2.05. The van der Waals surface area contributed by atoms with Crippen LogP contribution < -0.4 is 4.74 Å². The Morgan fingerprint density at radius 2 is 2.23 bits per heavy atom. The van der Waals surface area contributed by atoms with Gasteiger partial charge in [0.15, 0.2) is 15.5 Å². The van der Waals surface area contributed by atoms with Crippen molar-refractivity contribution in [2.75, 3.05) is 6.61 Å². The van der Waals surface area contributed by atoms with Gasteiger partial charge in [0.1, 0.15) is 6.61 Å². The van der Waals surface area contributed by atoms with Crippen molar-refractivity contribution in [3.05, 3.63) is 15.8 Å².